The lowest BCUT2D eigenvalue weighted by Gasteiger charge is -2.37. The molecule has 4 rings (SSSR count). The van der Waals surface area contributed by atoms with Crippen LogP contribution in [-0.4, -0.2) is 66.3 Å². The third-order valence-electron chi connectivity index (χ3n) is 6.52. The fourth-order valence-electron chi connectivity index (χ4n) is 4.86. The van der Waals surface area contributed by atoms with E-state index in [2.05, 4.69) is 4.90 Å². The van der Waals surface area contributed by atoms with Crippen molar-refractivity contribution >= 4 is 23.4 Å². The fourth-order valence-corrected chi connectivity index (χ4v) is 4.86. The lowest BCUT2D eigenvalue weighted by atomic mass is 9.93. The highest BCUT2D eigenvalue weighted by Crippen LogP contribution is 2.30. The van der Waals surface area contributed by atoms with Gasteiger partial charge in [0.25, 0.3) is 5.91 Å². The van der Waals surface area contributed by atoms with Crippen LogP contribution in [0, 0.1) is 5.92 Å². The molecule has 30 heavy (non-hydrogen) atoms. The Morgan fingerprint density at radius 3 is 2.30 bits per heavy atom. The Labute approximate surface area is 177 Å². The molecule has 3 amide bonds. The zero-order valence-electron chi connectivity index (χ0n) is 17.7. The SMILES string of the molecule is CCOc1ccc(N2C(=O)C[C@@H](N3CCC(C(=O)N4CCCCC4)CC3)C2=O)cc1. The van der Waals surface area contributed by atoms with Crippen LogP contribution < -0.4 is 9.64 Å². The van der Waals surface area contributed by atoms with Crippen LogP contribution in [0.2, 0.25) is 0 Å². The molecule has 0 N–H and O–H groups in total. The minimum absolute atomic E-state index is 0.0498. The predicted octanol–water partition coefficient (Wildman–Crippen LogP) is 2.44. The van der Waals surface area contributed by atoms with Crippen LogP contribution in [0.5, 0.6) is 5.75 Å². The van der Waals surface area contributed by atoms with E-state index in [0.29, 0.717) is 25.4 Å². The zero-order chi connectivity index (χ0) is 21.1. The van der Waals surface area contributed by atoms with Crippen LogP contribution in [0.1, 0.15) is 45.4 Å². The highest BCUT2D eigenvalue weighted by atomic mass is 16.5. The summed E-state index contributed by atoms with van der Waals surface area (Å²) in [6.07, 6.45) is 5.14. The van der Waals surface area contributed by atoms with E-state index in [9.17, 15) is 14.4 Å². The number of hydrogen-bond donors (Lipinski definition) is 0. The van der Waals surface area contributed by atoms with Crippen LogP contribution in [0.25, 0.3) is 0 Å². The second-order valence-electron chi connectivity index (χ2n) is 8.41. The quantitative estimate of drug-likeness (QED) is 0.694. The van der Waals surface area contributed by atoms with Gasteiger partial charge in [0.05, 0.1) is 24.8 Å². The van der Waals surface area contributed by atoms with E-state index >= 15 is 0 Å². The van der Waals surface area contributed by atoms with E-state index < -0.39 is 6.04 Å². The number of hydrogen-bond acceptors (Lipinski definition) is 5. The average Bonchev–Trinajstić information content (AvgIpc) is 3.09. The van der Waals surface area contributed by atoms with Crippen LogP contribution in [0.3, 0.4) is 0 Å². The van der Waals surface area contributed by atoms with Gasteiger partial charge in [-0.25, -0.2) is 4.90 Å². The second-order valence-corrected chi connectivity index (χ2v) is 8.41. The maximum absolute atomic E-state index is 13.0. The fraction of sp³-hybridized carbons (Fsp3) is 0.609. The Hall–Kier alpha value is -2.41. The smallest absolute Gasteiger partial charge is 0.251 e. The second kappa shape index (κ2) is 9.16. The number of rotatable bonds is 5. The van der Waals surface area contributed by atoms with Crippen molar-refractivity contribution < 1.29 is 19.1 Å². The lowest BCUT2D eigenvalue weighted by Crippen LogP contribution is -2.49. The van der Waals surface area contributed by atoms with Gasteiger partial charge in [-0.05, 0) is 76.4 Å². The molecule has 3 aliphatic rings. The summed E-state index contributed by atoms with van der Waals surface area (Å²) in [4.78, 5) is 43.8. The lowest BCUT2D eigenvalue weighted by molar-refractivity contribution is -0.138. The number of piperidine rings is 2. The normalized spacial score (nSPS) is 23.8. The summed E-state index contributed by atoms with van der Waals surface area (Å²) >= 11 is 0. The molecule has 3 heterocycles. The van der Waals surface area contributed by atoms with Crippen molar-refractivity contribution in [2.24, 2.45) is 5.92 Å². The van der Waals surface area contributed by atoms with Crippen LogP contribution >= 0.6 is 0 Å². The van der Waals surface area contributed by atoms with Crippen LogP contribution in [0.4, 0.5) is 5.69 Å². The molecule has 1 aromatic carbocycles. The highest BCUT2D eigenvalue weighted by molar-refractivity contribution is 6.22. The molecule has 0 aromatic heterocycles. The van der Waals surface area contributed by atoms with Crippen molar-refractivity contribution in [1.82, 2.24) is 9.80 Å². The Bertz CT molecular complexity index is 780. The molecular weight excluding hydrogens is 382 g/mol. The van der Waals surface area contributed by atoms with Gasteiger partial charge in [-0.3, -0.25) is 19.3 Å². The summed E-state index contributed by atoms with van der Waals surface area (Å²) in [6.45, 7) is 5.61. The first-order valence-electron chi connectivity index (χ1n) is 11.2. The number of likely N-dealkylation sites (tertiary alicyclic amines) is 2. The summed E-state index contributed by atoms with van der Waals surface area (Å²) in [5, 5.41) is 0. The van der Waals surface area contributed by atoms with E-state index in [1.807, 2.05) is 11.8 Å². The Kier molecular flexibility index (Phi) is 6.37. The molecule has 0 saturated carbocycles. The van der Waals surface area contributed by atoms with Gasteiger partial charge >= 0.3 is 0 Å². The van der Waals surface area contributed by atoms with E-state index in [0.717, 1.165) is 44.5 Å². The van der Waals surface area contributed by atoms with Gasteiger partial charge in [0.1, 0.15) is 5.75 Å². The van der Waals surface area contributed by atoms with Crippen molar-refractivity contribution in [1.29, 1.82) is 0 Å². The molecule has 1 atom stereocenters. The summed E-state index contributed by atoms with van der Waals surface area (Å²) in [5.41, 5.74) is 0.589. The van der Waals surface area contributed by atoms with E-state index in [-0.39, 0.29) is 30.1 Å². The summed E-state index contributed by atoms with van der Waals surface area (Å²) in [6, 6.07) is 6.66. The predicted molar refractivity (Wildman–Crippen MR) is 113 cm³/mol. The minimum Gasteiger partial charge on any atom is -0.494 e. The molecule has 7 heteroatoms. The topological polar surface area (TPSA) is 70.2 Å². The van der Waals surface area contributed by atoms with Gasteiger partial charge in [0, 0.05) is 19.0 Å². The van der Waals surface area contributed by atoms with E-state index in [1.165, 1.54) is 11.3 Å². The Morgan fingerprint density at radius 1 is 1.00 bits per heavy atom. The number of carbonyl (C=O) groups excluding carboxylic acids is 3. The molecule has 0 bridgehead atoms. The zero-order valence-corrected chi connectivity index (χ0v) is 17.7. The van der Waals surface area contributed by atoms with Crippen LogP contribution in [0.15, 0.2) is 24.3 Å². The van der Waals surface area contributed by atoms with Gasteiger partial charge in [0.2, 0.25) is 11.8 Å². The van der Waals surface area contributed by atoms with Crippen molar-refractivity contribution in [2.45, 2.75) is 51.5 Å². The molecular formula is C23H31N3O4. The molecule has 0 aliphatic carbocycles. The monoisotopic (exact) mass is 413 g/mol. The molecule has 3 aliphatic heterocycles. The maximum Gasteiger partial charge on any atom is 0.251 e. The van der Waals surface area contributed by atoms with Crippen molar-refractivity contribution in [3.63, 3.8) is 0 Å². The number of benzene rings is 1. The number of anilines is 1. The van der Waals surface area contributed by atoms with Gasteiger partial charge in [-0.15, -0.1) is 0 Å². The maximum atomic E-state index is 13.0. The number of ether oxygens (including phenoxy) is 1. The minimum atomic E-state index is -0.421. The molecule has 162 valence electrons. The summed E-state index contributed by atoms with van der Waals surface area (Å²) in [5.74, 6) is 0.718. The van der Waals surface area contributed by atoms with Gasteiger partial charge < -0.3 is 9.64 Å². The van der Waals surface area contributed by atoms with E-state index in [1.54, 1.807) is 24.3 Å². The summed E-state index contributed by atoms with van der Waals surface area (Å²) in [7, 11) is 0. The third kappa shape index (κ3) is 4.21. The molecule has 0 radical (unpaired) electrons. The molecule has 3 fully saturated rings. The number of amides is 3. The first kappa shape index (κ1) is 20.8. The number of imide groups is 1. The van der Waals surface area contributed by atoms with E-state index in [4.69, 9.17) is 4.74 Å². The number of carbonyl (C=O) groups is 3. The molecule has 1 aromatic rings. The first-order chi connectivity index (χ1) is 14.6. The average molecular weight is 414 g/mol. The molecule has 0 spiro atoms. The Balaban J connectivity index is 1.35. The van der Waals surface area contributed by atoms with Crippen molar-refractivity contribution in [3.05, 3.63) is 24.3 Å². The van der Waals surface area contributed by atoms with Gasteiger partial charge in [0.15, 0.2) is 0 Å². The third-order valence-corrected chi connectivity index (χ3v) is 6.52. The highest BCUT2D eigenvalue weighted by Gasteiger charge is 2.44. The van der Waals surface area contributed by atoms with Crippen molar-refractivity contribution in [2.75, 3.05) is 37.7 Å². The van der Waals surface area contributed by atoms with Gasteiger partial charge in [-0.2, -0.15) is 0 Å². The largest absolute Gasteiger partial charge is 0.494 e. The standard InChI is InChI=1S/C23H31N3O4/c1-2-30-19-8-6-18(7-9-19)26-21(27)16-20(23(26)29)24-14-10-17(11-15-24)22(28)25-12-4-3-5-13-25/h6-9,17,20H,2-5,10-16H2,1H3/t20-/m1/s1. The summed E-state index contributed by atoms with van der Waals surface area (Å²) < 4.78 is 5.44. The van der Waals surface area contributed by atoms with Gasteiger partial charge in [-0.1, -0.05) is 0 Å². The van der Waals surface area contributed by atoms with Crippen molar-refractivity contribution in [3.8, 4) is 5.75 Å². The molecule has 3 saturated heterocycles. The van der Waals surface area contributed by atoms with Crippen LogP contribution in [-0.2, 0) is 14.4 Å². The molecule has 0 unspecified atom stereocenters. The number of nitrogens with zero attached hydrogens (tertiary/aromatic N) is 3. The molecule has 7 nitrogen and oxygen atoms in total. The Morgan fingerprint density at radius 2 is 1.67 bits per heavy atom. The first-order valence-corrected chi connectivity index (χ1v) is 11.2.